The summed E-state index contributed by atoms with van der Waals surface area (Å²) in [6.45, 7) is 5.13. The van der Waals surface area contributed by atoms with Crippen LogP contribution in [0.5, 0.6) is 0 Å². The topological polar surface area (TPSA) is 232 Å². The molecule has 6 N–H and O–H groups in total. The number of rotatable bonds is 31. The van der Waals surface area contributed by atoms with E-state index in [-0.39, 0.29) is 116 Å². The van der Waals surface area contributed by atoms with Gasteiger partial charge >= 0.3 is 0 Å². The van der Waals surface area contributed by atoms with Crippen LogP contribution in [0.1, 0.15) is 152 Å². The summed E-state index contributed by atoms with van der Waals surface area (Å²) in [5.74, 6) is 7.35. The van der Waals surface area contributed by atoms with Crippen LogP contribution < -0.4 is 31.9 Å². The minimum absolute atomic E-state index is 0.0119. The number of fused-ring (bicyclic) bond motifs is 2. The lowest BCUT2D eigenvalue weighted by Crippen LogP contribution is -2.58. The first kappa shape index (κ1) is 68.8. The molecule has 482 valence electrons. The Morgan fingerprint density at radius 2 is 1.19 bits per heavy atom. The fraction of sp³-hybridized carbons (Fsp3) is 0.500. The molecule has 5 amide bonds. The highest BCUT2D eigenvalue weighted by Gasteiger charge is 2.51. The summed E-state index contributed by atoms with van der Waals surface area (Å²) in [5.41, 5.74) is 1.61. The van der Waals surface area contributed by atoms with Gasteiger partial charge in [-0.2, -0.15) is 0 Å². The number of hydrogen-bond donors (Lipinski definition) is 6. The summed E-state index contributed by atoms with van der Waals surface area (Å²) >= 11 is 0. The Bertz CT molecular complexity index is 3220. The Morgan fingerprint density at radius 3 is 1.80 bits per heavy atom. The molecular weight excluding hydrogens is 1140 g/mol. The van der Waals surface area contributed by atoms with Gasteiger partial charge in [0.1, 0.15) is 17.6 Å². The van der Waals surface area contributed by atoms with E-state index in [1.165, 1.54) is 0 Å². The third-order valence-electron chi connectivity index (χ3n) is 19.2. The zero-order chi connectivity index (χ0) is 64.7. The number of hydrogen-bond acceptors (Lipinski definition) is 12. The molecule has 0 saturated carbocycles. The van der Waals surface area contributed by atoms with Gasteiger partial charge in [0.25, 0.3) is 0 Å². The molecule has 8 rings (SSSR count). The molecule has 10 atom stereocenters. The summed E-state index contributed by atoms with van der Waals surface area (Å²) in [7, 11) is 3.45. The lowest BCUT2D eigenvalue weighted by atomic mass is 9.77. The number of carbonyl (C=O) groups excluding carboxylic acids is 9. The second-order valence-electron chi connectivity index (χ2n) is 24.9. The molecule has 0 radical (unpaired) electrons. The molecule has 0 aromatic heterocycles. The molecule has 4 aliphatic rings. The lowest BCUT2D eigenvalue weighted by molar-refractivity contribution is -0.146. The van der Waals surface area contributed by atoms with E-state index in [0.29, 0.717) is 108 Å². The summed E-state index contributed by atoms with van der Waals surface area (Å²) < 4.78 is 0. The number of nitrogens with one attached hydrogen (secondary N) is 6. The molecule has 17 heteroatoms. The average Bonchev–Trinajstić information content (AvgIpc) is 1.73. The van der Waals surface area contributed by atoms with Crippen LogP contribution in [-0.4, -0.2) is 132 Å². The second-order valence-corrected chi connectivity index (χ2v) is 24.9. The minimum Gasteiger partial charge on any atom is -0.356 e. The zero-order valence-electron chi connectivity index (χ0n) is 53.4. The Balaban J connectivity index is 0.861. The number of carbonyl (C=O) groups is 9. The third-order valence-corrected chi connectivity index (χ3v) is 19.2. The van der Waals surface area contributed by atoms with Crippen LogP contribution in [0.4, 0.5) is 0 Å². The van der Waals surface area contributed by atoms with Gasteiger partial charge in [-0.1, -0.05) is 141 Å². The largest absolute Gasteiger partial charge is 0.356 e. The number of aryl methyl sites for hydroxylation is 1. The van der Waals surface area contributed by atoms with Crippen molar-refractivity contribution in [3.8, 4) is 23.7 Å². The molecule has 4 aromatic carbocycles. The number of nitrogens with zero attached hydrogens (tertiary/aromatic N) is 2. The quantitative estimate of drug-likeness (QED) is 0.0166. The molecule has 4 fully saturated rings. The van der Waals surface area contributed by atoms with E-state index in [9.17, 15) is 28.8 Å². The van der Waals surface area contributed by atoms with Gasteiger partial charge in [-0.3, -0.25) is 43.2 Å². The van der Waals surface area contributed by atoms with Crippen LogP contribution in [0.3, 0.4) is 0 Å². The van der Waals surface area contributed by atoms with E-state index in [1.54, 1.807) is 23.9 Å². The van der Waals surface area contributed by atoms with Crippen LogP contribution in [-0.2, 0) is 61.7 Å². The first-order valence-electron chi connectivity index (χ1n) is 33.1. The zero-order valence-corrected chi connectivity index (χ0v) is 53.4. The van der Waals surface area contributed by atoms with Gasteiger partial charge in [-0.25, -0.2) is 0 Å². The van der Waals surface area contributed by atoms with Crippen molar-refractivity contribution >= 4 is 52.7 Å². The fourth-order valence-electron chi connectivity index (χ4n) is 14.2. The minimum atomic E-state index is -1.65. The van der Waals surface area contributed by atoms with Crippen molar-refractivity contribution in [2.24, 2.45) is 17.8 Å². The fourth-order valence-corrected chi connectivity index (χ4v) is 14.2. The van der Waals surface area contributed by atoms with Gasteiger partial charge in [-0.15, -0.1) is 0 Å². The van der Waals surface area contributed by atoms with Crippen LogP contribution in [0.15, 0.2) is 121 Å². The molecular formula is C74H92N8O9. The number of Topliss-reactive ketones (excluding diaryl/α,β-unsaturated/α-hetero) is 4. The normalized spacial score (nSPS) is 21.8. The Kier molecular flexibility index (Phi) is 26.0. The lowest BCUT2D eigenvalue weighted by Gasteiger charge is -2.38. The Morgan fingerprint density at radius 1 is 0.615 bits per heavy atom. The molecule has 4 aliphatic heterocycles. The van der Waals surface area contributed by atoms with Gasteiger partial charge in [0.2, 0.25) is 35.3 Å². The monoisotopic (exact) mass is 1240 g/mol. The molecule has 0 bridgehead atoms. The van der Waals surface area contributed by atoms with E-state index in [1.807, 2.05) is 135 Å². The standard InChI is InChI=1S/C74H92N8O9/c1-5-61(75-3)66(85)48-60-54(50-77-49-52-26-15-10-16-27-52)37-40-58-42-45-64(82(58)72(60)90)71(89)80-74(55-28-17-11-18-29-55,56-30-19-12-20-31-56)67(86)33-23-47-78-68(87)34-22-8-7-21-32-59(83)43-38-53-36-39-57-41-44-63(65(84)46-35-51-24-13-9-14-25-51)81(57)73(91)69(53)79-70(88)62(6-2)76-4/h9-20,24-31,53-54,57-58,60-64,69,75-77H,5-6,22-23,33-50H2,1-4H3,(H,78,87)(H,79,88)(H,80,89)/t53-,54-,57+,58+,60+,61+,62+,63+,64+,69+/m1/s1. The Hall–Kier alpha value is -8.09. The van der Waals surface area contributed by atoms with Crippen molar-refractivity contribution in [3.63, 3.8) is 0 Å². The number of benzene rings is 4. The summed E-state index contributed by atoms with van der Waals surface area (Å²) in [6, 6.07) is 34.4. The number of likely N-dealkylation sites (N-methyl/N-ethyl adjacent to an activating group) is 2. The van der Waals surface area contributed by atoms with Crippen molar-refractivity contribution in [3.05, 3.63) is 144 Å². The maximum atomic E-state index is 15.2. The predicted molar refractivity (Wildman–Crippen MR) is 350 cm³/mol. The van der Waals surface area contributed by atoms with Crippen molar-refractivity contribution in [1.82, 2.24) is 41.7 Å². The molecule has 4 aromatic rings. The highest BCUT2D eigenvalue weighted by molar-refractivity contribution is 6.00. The highest BCUT2D eigenvalue weighted by Crippen LogP contribution is 2.41. The molecule has 4 heterocycles. The number of amides is 5. The van der Waals surface area contributed by atoms with Crippen LogP contribution >= 0.6 is 0 Å². The smallest absolute Gasteiger partial charge is 0.246 e. The first-order valence-corrected chi connectivity index (χ1v) is 33.1. The van der Waals surface area contributed by atoms with E-state index >= 15 is 14.4 Å². The second kappa shape index (κ2) is 34.4. The van der Waals surface area contributed by atoms with Gasteiger partial charge in [0.05, 0.1) is 18.1 Å². The molecule has 91 heavy (non-hydrogen) atoms. The van der Waals surface area contributed by atoms with Gasteiger partial charge < -0.3 is 41.7 Å². The average molecular weight is 1240 g/mol. The molecule has 17 nitrogen and oxygen atoms in total. The van der Waals surface area contributed by atoms with Crippen molar-refractivity contribution in [2.75, 3.05) is 27.2 Å². The first-order chi connectivity index (χ1) is 44.2. The molecule has 0 aliphatic carbocycles. The summed E-state index contributed by atoms with van der Waals surface area (Å²) in [6.07, 6.45) is 7.70. The van der Waals surface area contributed by atoms with Gasteiger partial charge in [0.15, 0.2) is 17.3 Å². The van der Waals surface area contributed by atoms with E-state index in [2.05, 4.69) is 55.6 Å². The maximum Gasteiger partial charge on any atom is 0.246 e. The van der Waals surface area contributed by atoms with Crippen LogP contribution in [0.25, 0.3) is 0 Å². The molecule has 0 spiro atoms. The highest BCUT2D eigenvalue weighted by atomic mass is 16.2. The number of ketones is 4. The van der Waals surface area contributed by atoms with E-state index in [0.717, 1.165) is 11.1 Å². The van der Waals surface area contributed by atoms with Crippen LogP contribution in [0, 0.1) is 41.4 Å². The SMILES string of the molecule is CC[C@H](NC)C(=O)C[C@@H]1C(=O)N2[C@@H](CC[C@@H]1CNCc1ccccc1)CC[C@H]2C(=O)NC(C(=O)CCCNC(=O)CCC#CC#CC(=O)CC[C@H]1CC[C@H]2CC[C@@H](C(=O)CCc3ccccc3)N2C(=O)[C@H]1NC(=O)[C@H](CC)NC)(c1ccccc1)c1ccccc1. The molecule has 4 saturated heterocycles. The molecule has 0 unspecified atom stereocenters. The van der Waals surface area contributed by atoms with Crippen molar-refractivity contribution in [2.45, 2.75) is 190 Å². The summed E-state index contributed by atoms with van der Waals surface area (Å²) in [5, 5.41) is 18.8. The predicted octanol–water partition coefficient (Wildman–Crippen LogP) is 7.24. The van der Waals surface area contributed by atoms with Gasteiger partial charge in [-0.05, 0) is 156 Å². The van der Waals surface area contributed by atoms with E-state index < -0.39 is 47.6 Å². The third kappa shape index (κ3) is 17.9. The van der Waals surface area contributed by atoms with E-state index in [4.69, 9.17) is 0 Å². The van der Waals surface area contributed by atoms with Gasteiger partial charge in [0, 0.05) is 69.6 Å². The van der Waals surface area contributed by atoms with Crippen molar-refractivity contribution in [1.29, 1.82) is 0 Å². The Labute approximate surface area is 537 Å². The maximum absolute atomic E-state index is 15.2. The summed E-state index contributed by atoms with van der Waals surface area (Å²) in [4.78, 5) is 131. The van der Waals surface area contributed by atoms with Crippen molar-refractivity contribution < 1.29 is 43.2 Å². The van der Waals surface area contributed by atoms with Crippen LogP contribution in [0.2, 0.25) is 0 Å².